The number of aryl methyl sites for hydroxylation is 1. The number of nitriles is 1. The summed E-state index contributed by atoms with van der Waals surface area (Å²) < 4.78 is 15.5. The van der Waals surface area contributed by atoms with E-state index in [1.807, 2.05) is 41.6 Å². The molecule has 1 aromatic carbocycles. The zero-order valence-corrected chi connectivity index (χ0v) is 22.8. The minimum absolute atomic E-state index is 0.134. The van der Waals surface area contributed by atoms with Crippen molar-refractivity contribution in [2.24, 2.45) is 0 Å². The SMILES string of the molecule is CCc1nc2ccc(-c3cnc(C(=O)N4CCCC4)nc3)cn2c1N(C)c1nc(-c2ccc(F)cc2)c(C#N)s1. The smallest absolute Gasteiger partial charge is 0.291 e. The number of fused-ring (bicyclic) bond motifs is 1. The number of hydrogen-bond donors (Lipinski definition) is 0. The van der Waals surface area contributed by atoms with Crippen LogP contribution in [-0.2, 0) is 6.42 Å². The number of amides is 1. The number of pyridine rings is 1. The number of rotatable bonds is 6. The lowest BCUT2D eigenvalue weighted by Crippen LogP contribution is -2.29. The molecule has 1 amide bonds. The van der Waals surface area contributed by atoms with E-state index in [9.17, 15) is 14.4 Å². The molecule has 0 bridgehead atoms. The van der Waals surface area contributed by atoms with Gasteiger partial charge >= 0.3 is 0 Å². The van der Waals surface area contributed by atoms with Gasteiger partial charge < -0.3 is 9.80 Å². The lowest BCUT2D eigenvalue weighted by atomic mass is 10.1. The number of carbonyl (C=O) groups is 1. The summed E-state index contributed by atoms with van der Waals surface area (Å²) in [5.41, 5.74) is 4.48. The van der Waals surface area contributed by atoms with Gasteiger partial charge in [0, 0.05) is 55.4 Å². The van der Waals surface area contributed by atoms with Crippen molar-refractivity contribution in [1.82, 2.24) is 29.2 Å². The van der Waals surface area contributed by atoms with E-state index in [1.54, 1.807) is 29.4 Å². The van der Waals surface area contributed by atoms with E-state index in [2.05, 4.69) is 16.0 Å². The molecule has 9 nitrogen and oxygen atoms in total. The maximum absolute atomic E-state index is 13.5. The molecule has 1 saturated heterocycles. The number of benzene rings is 1. The summed E-state index contributed by atoms with van der Waals surface area (Å²) in [4.78, 5) is 35.1. The van der Waals surface area contributed by atoms with Crippen LogP contribution in [0.1, 0.15) is 41.0 Å². The van der Waals surface area contributed by atoms with Gasteiger partial charge in [-0.2, -0.15) is 5.26 Å². The van der Waals surface area contributed by atoms with Crippen molar-refractivity contribution < 1.29 is 9.18 Å². The van der Waals surface area contributed by atoms with Crippen LogP contribution in [0.4, 0.5) is 15.3 Å². The van der Waals surface area contributed by atoms with Crippen molar-refractivity contribution in [1.29, 1.82) is 5.26 Å². The second kappa shape index (κ2) is 10.5. The fraction of sp³-hybridized carbons (Fsp3) is 0.241. The van der Waals surface area contributed by atoms with Gasteiger partial charge in [-0.15, -0.1) is 0 Å². The highest BCUT2D eigenvalue weighted by Crippen LogP contribution is 2.37. The zero-order chi connectivity index (χ0) is 27.8. The second-order valence-corrected chi connectivity index (χ2v) is 10.5. The first-order valence-electron chi connectivity index (χ1n) is 13.0. The molecule has 1 aliphatic rings. The van der Waals surface area contributed by atoms with Crippen LogP contribution in [0.5, 0.6) is 0 Å². The van der Waals surface area contributed by atoms with E-state index in [4.69, 9.17) is 9.97 Å². The van der Waals surface area contributed by atoms with Crippen LogP contribution in [0.3, 0.4) is 0 Å². The second-order valence-electron chi connectivity index (χ2n) is 9.53. The van der Waals surface area contributed by atoms with E-state index < -0.39 is 0 Å². The average molecular weight is 553 g/mol. The summed E-state index contributed by atoms with van der Waals surface area (Å²) in [7, 11) is 1.89. The molecular weight excluding hydrogens is 527 g/mol. The number of halogens is 1. The van der Waals surface area contributed by atoms with Crippen molar-refractivity contribution in [3.8, 4) is 28.5 Å². The molecule has 1 aliphatic heterocycles. The Hall–Kier alpha value is -4.69. The molecule has 5 aromatic rings. The third-order valence-corrected chi connectivity index (χ3v) is 8.04. The van der Waals surface area contributed by atoms with Crippen LogP contribution >= 0.6 is 11.3 Å². The molecule has 11 heteroatoms. The van der Waals surface area contributed by atoms with E-state index in [0.717, 1.165) is 54.2 Å². The summed E-state index contributed by atoms with van der Waals surface area (Å²) >= 11 is 1.27. The first-order chi connectivity index (χ1) is 19.5. The minimum atomic E-state index is -0.345. The Morgan fingerprint density at radius 1 is 1.05 bits per heavy atom. The van der Waals surface area contributed by atoms with Gasteiger partial charge in [-0.1, -0.05) is 18.3 Å². The summed E-state index contributed by atoms with van der Waals surface area (Å²) in [6, 6.07) is 12.1. The Bertz CT molecular complexity index is 1750. The first kappa shape index (κ1) is 25.6. The van der Waals surface area contributed by atoms with Gasteiger partial charge in [0.2, 0.25) is 5.82 Å². The van der Waals surface area contributed by atoms with E-state index >= 15 is 0 Å². The quantitative estimate of drug-likeness (QED) is 0.274. The summed E-state index contributed by atoms with van der Waals surface area (Å²) in [6.45, 7) is 3.53. The first-order valence-corrected chi connectivity index (χ1v) is 13.8. The van der Waals surface area contributed by atoms with Crippen molar-refractivity contribution in [2.75, 3.05) is 25.0 Å². The predicted molar refractivity (Wildman–Crippen MR) is 151 cm³/mol. The molecular formula is C29H25FN8OS. The number of aromatic nitrogens is 5. The van der Waals surface area contributed by atoms with Gasteiger partial charge in [-0.3, -0.25) is 9.20 Å². The van der Waals surface area contributed by atoms with E-state index in [0.29, 0.717) is 27.7 Å². The van der Waals surface area contributed by atoms with Crippen molar-refractivity contribution in [3.63, 3.8) is 0 Å². The Morgan fingerprint density at radius 3 is 2.42 bits per heavy atom. The fourth-order valence-electron chi connectivity index (χ4n) is 4.92. The predicted octanol–water partition coefficient (Wildman–Crippen LogP) is 5.49. The van der Waals surface area contributed by atoms with Gasteiger partial charge in [-0.05, 0) is 55.7 Å². The van der Waals surface area contributed by atoms with Crippen LogP contribution in [-0.4, -0.2) is 55.3 Å². The third-order valence-electron chi connectivity index (χ3n) is 7.01. The molecule has 6 rings (SSSR count). The van der Waals surface area contributed by atoms with Crippen LogP contribution < -0.4 is 4.90 Å². The lowest BCUT2D eigenvalue weighted by Gasteiger charge is -2.17. The van der Waals surface area contributed by atoms with Gasteiger partial charge in [0.1, 0.15) is 33.9 Å². The molecule has 0 radical (unpaired) electrons. The normalized spacial score (nSPS) is 13.1. The molecule has 5 heterocycles. The van der Waals surface area contributed by atoms with Crippen molar-refractivity contribution in [3.05, 3.63) is 77.2 Å². The Morgan fingerprint density at radius 2 is 1.75 bits per heavy atom. The molecule has 0 unspecified atom stereocenters. The van der Waals surface area contributed by atoms with Gasteiger partial charge in [-0.25, -0.2) is 24.3 Å². The highest BCUT2D eigenvalue weighted by Gasteiger charge is 2.23. The van der Waals surface area contributed by atoms with Crippen LogP contribution in [0.25, 0.3) is 28.0 Å². The highest BCUT2D eigenvalue weighted by molar-refractivity contribution is 7.16. The number of anilines is 2. The molecule has 0 aliphatic carbocycles. The monoisotopic (exact) mass is 552 g/mol. The number of likely N-dealkylation sites (tertiary alicyclic amines) is 1. The fourth-order valence-corrected chi connectivity index (χ4v) is 5.76. The van der Waals surface area contributed by atoms with Gasteiger partial charge in [0.15, 0.2) is 5.13 Å². The zero-order valence-electron chi connectivity index (χ0n) is 22.0. The number of thiazole rings is 1. The van der Waals surface area contributed by atoms with Crippen LogP contribution in [0.15, 0.2) is 55.0 Å². The maximum atomic E-state index is 13.5. The highest BCUT2D eigenvalue weighted by atomic mass is 32.1. The van der Waals surface area contributed by atoms with Crippen LogP contribution in [0.2, 0.25) is 0 Å². The summed E-state index contributed by atoms with van der Waals surface area (Å²) in [5.74, 6) is 0.551. The molecule has 0 spiro atoms. The number of nitrogens with zero attached hydrogens (tertiary/aromatic N) is 8. The summed E-state index contributed by atoms with van der Waals surface area (Å²) in [5, 5.41) is 10.4. The Balaban J connectivity index is 1.36. The molecule has 0 atom stereocenters. The lowest BCUT2D eigenvalue weighted by molar-refractivity contribution is 0.0780. The molecule has 40 heavy (non-hydrogen) atoms. The molecule has 1 fully saturated rings. The molecule has 0 N–H and O–H groups in total. The van der Waals surface area contributed by atoms with Gasteiger partial charge in [0.25, 0.3) is 5.91 Å². The number of imidazole rings is 1. The summed E-state index contributed by atoms with van der Waals surface area (Å²) in [6.07, 6.45) is 8.03. The minimum Gasteiger partial charge on any atom is -0.336 e. The standard InChI is InChI=1S/C29H25FN8OS/c1-3-22-27(36(2)29-35-25(23(14-31)40-29)18-6-9-21(30)10-7-18)38-17-19(8-11-24(38)34-22)20-15-32-26(33-16-20)28(39)37-12-4-5-13-37/h6-11,15-17H,3-5,12-13H2,1-2H3. The maximum Gasteiger partial charge on any atom is 0.291 e. The average Bonchev–Trinajstić information content (AvgIpc) is 3.75. The van der Waals surface area contributed by atoms with Crippen molar-refractivity contribution in [2.45, 2.75) is 26.2 Å². The Kier molecular flexibility index (Phi) is 6.69. The van der Waals surface area contributed by atoms with E-state index in [1.165, 1.54) is 23.5 Å². The Labute approximate surface area is 234 Å². The molecule has 0 saturated carbocycles. The number of carbonyl (C=O) groups excluding carboxylic acids is 1. The molecule has 4 aromatic heterocycles. The third kappa shape index (κ3) is 4.56. The topological polar surface area (TPSA) is 103 Å². The van der Waals surface area contributed by atoms with Crippen LogP contribution in [0, 0.1) is 17.1 Å². The number of hydrogen-bond acceptors (Lipinski definition) is 8. The largest absolute Gasteiger partial charge is 0.336 e. The van der Waals surface area contributed by atoms with Crippen molar-refractivity contribution >= 4 is 33.8 Å². The van der Waals surface area contributed by atoms with Gasteiger partial charge in [0.05, 0.1) is 5.69 Å². The molecule has 200 valence electrons. The van der Waals surface area contributed by atoms with E-state index in [-0.39, 0.29) is 17.5 Å².